The Hall–Kier alpha value is -3.77. The van der Waals surface area contributed by atoms with Gasteiger partial charge in [-0.15, -0.1) is 0 Å². The summed E-state index contributed by atoms with van der Waals surface area (Å²) >= 11 is 6.46. The van der Waals surface area contributed by atoms with Crippen LogP contribution in [0, 0.1) is 12.7 Å². The van der Waals surface area contributed by atoms with Gasteiger partial charge in [0.15, 0.2) is 0 Å². The van der Waals surface area contributed by atoms with Gasteiger partial charge in [0.05, 0.1) is 16.2 Å². The van der Waals surface area contributed by atoms with E-state index in [9.17, 15) is 18.8 Å². The van der Waals surface area contributed by atoms with Crippen LogP contribution in [0.4, 0.5) is 15.9 Å². The number of anilines is 2. The lowest BCUT2D eigenvalue weighted by Gasteiger charge is -2.37. The Bertz CT molecular complexity index is 1570. The third kappa shape index (κ3) is 5.52. The first-order valence-electron chi connectivity index (χ1n) is 12.5. The van der Waals surface area contributed by atoms with E-state index in [2.05, 4.69) is 0 Å². The number of carbonyl (C=O) groups is 2. The Labute approximate surface area is 233 Å². The number of carbonyl (C=O) groups excluding carboxylic acids is 1. The van der Waals surface area contributed by atoms with Crippen LogP contribution in [0.3, 0.4) is 0 Å². The Balaban J connectivity index is 1.49. The number of aryl methyl sites for hydroxylation is 1. The van der Waals surface area contributed by atoms with Gasteiger partial charge in [0.1, 0.15) is 21.6 Å². The van der Waals surface area contributed by atoms with Crippen LogP contribution in [0.1, 0.15) is 24.0 Å². The lowest BCUT2D eigenvalue weighted by molar-refractivity contribution is -0.137. The second-order valence-corrected chi connectivity index (χ2v) is 11.0. The number of carboxylic acids is 1. The van der Waals surface area contributed by atoms with Crippen molar-refractivity contribution >= 4 is 63.4 Å². The summed E-state index contributed by atoms with van der Waals surface area (Å²) in [5.41, 5.74) is 1.85. The van der Waals surface area contributed by atoms with Crippen LogP contribution in [0.25, 0.3) is 11.7 Å². The molecule has 0 atom stereocenters. The molecule has 39 heavy (non-hydrogen) atoms. The predicted molar refractivity (Wildman–Crippen MR) is 154 cm³/mol. The number of para-hydroxylation sites is 1. The highest BCUT2D eigenvalue weighted by atomic mass is 32.2. The number of benzene rings is 1. The molecule has 2 aliphatic rings. The second-order valence-electron chi connectivity index (χ2n) is 9.35. The van der Waals surface area contributed by atoms with Gasteiger partial charge in [0.25, 0.3) is 11.5 Å². The highest BCUT2D eigenvalue weighted by Crippen LogP contribution is 2.34. The van der Waals surface area contributed by atoms with Gasteiger partial charge in [-0.1, -0.05) is 42.2 Å². The van der Waals surface area contributed by atoms with E-state index in [1.807, 2.05) is 22.8 Å². The number of amides is 1. The molecule has 2 saturated heterocycles. The molecule has 0 radical (unpaired) electrons. The van der Waals surface area contributed by atoms with Crippen molar-refractivity contribution in [2.75, 3.05) is 42.5 Å². The monoisotopic (exact) mass is 567 g/mol. The number of pyridine rings is 1. The average Bonchev–Trinajstić information content (AvgIpc) is 3.18. The molecule has 4 heterocycles. The molecule has 2 aromatic heterocycles. The molecular weight excluding hydrogens is 541 g/mol. The van der Waals surface area contributed by atoms with Gasteiger partial charge in [-0.2, -0.15) is 0 Å². The van der Waals surface area contributed by atoms with Crippen molar-refractivity contribution < 1.29 is 19.1 Å². The number of piperazine rings is 1. The van der Waals surface area contributed by atoms with Crippen LogP contribution in [-0.4, -0.2) is 68.3 Å². The van der Waals surface area contributed by atoms with Gasteiger partial charge in [0.2, 0.25) is 0 Å². The molecule has 2 fully saturated rings. The zero-order chi connectivity index (χ0) is 27.7. The molecule has 2 aliphatic heterocycles. The van der Waals surface area contributed by atoms with Crippen LogP contribution in [0.15, 0.2) is 52.3 Å². The van der Waals surface area contributed by atoms with Crippen LogP contribution in [-0.2, 0) is 9.59 Å². The van der Waals surface area contributed by atoms with Gasteiger partial charge >= 0.3 is 5.97 Å². The van der Waals surface area contributed by atoms with E-state index in [1.165, 1.54) is 15.4 Å². The molecular formula is C27H26FN5O4S2. The van der Waals surface area contributed by atoms with E-state index >= 15 is 0 Å². The summed E-state index contributed by atoms with van der Waals surface area (Å²) in [7, 11) is 0. The molecule has 1 N–H and O–H groups in total. The van der Waals surface area contributed by atoms with Crippen molar-refractivity contribution in [2.45, 2.75) is 19.8 Å². The maximum absolute atomic E-state index is 14.4. The number of carboxylic acid groups (broad SMARTS) is 1. The van der Waals surface area contributed by atoms with E-state index in [-0.39, 0.29) is 47.1 Å². The Morgan fingerprint density at radius 1 is 1.13 bits per heavy atom. The number of rotatable bonds is 7. The number of hydrogen-bond acceptors (Lipinski definition) is 8. The van der Waals surface area contributed by atoms with Gasteiger partial charge in [-0.25, -0.2) is 9.37 Å². The second kappa shape index (κ2) is 11.1. The van der Waals surface area contributed by atoms with Crippen molar-refractivity contribution in [1.29, 1.82) is 0 Å². The minimum Gasteiger partial charge on any atom is -0.481 e. The molecule has 1 aromatic carbocycles. The molecule has 0 spiro atoms. The van der Waals surface area contributed by atoms with E-state index in [0.29, 0.717) is 47.7 Å². The van der Waals surface area contributed by atoms with Gasteiger partial charge < -0.3 is 14.9 Å². The average molecular weight is 568 g/mol. The first-order valence-corrected chi connectivity index (χ1v) is 13.7. The van der Waals surface area contributed by atoms with E-state index < -0.39 is 5.97 Å². The fraction of sp³-hybridized carbons (Fsp3) is 0.296. The third-order valence-corrected chi connectivity index (χ3v) is 8.06. The van der Waals surface area contributed by atoms with Crippen molar-refractivity contribution in [3.8, 4) is 0 Å². The van der Waals surface area contributed by atoms with Crippen molar-refractivity contribution in [3.63, 3.8) is 0 Å². The smallest absolute Gasteiger partial charge is 0.303 e. The zero-order valence-electron chi connectivity index (χ0n) is 21.2. The third-order valence-electron chi connectivity index (χ3n) is 6.68. The molecule has 202 valence electrons. The SMILES string of the molecule is Cc1ccc2nc(N3CCN(c4ccccc4F)CC3)c(C=C3SC(=S)N(CCCC(=O)O)C3=O)c(=O)n2c1. The topological polar surface area (TPSA) is 98.5 Å². The summed E-state index contributed by atoms with van der Waals surface area (Å²) < 4.78 is 16.2. The van der Waals surface area contributed by atoms with Gasteiger partial charge in [0, 0.05) is 45.3 Å². The van der Waals surface area contributed by atoms with Crippen molar-refractivity contribution in [3.05, 3.63) is 74.8 Å². The summed E-state index contributed by atoms with van der Waals surface area (Å²) in [6, 6.07) is 10.3. The molecule has 3 aromatic rings. The van der Waals surface area contributed by atoms with Gasteiger partial charge in [-0.3, -0.25) is 23.7 Å². The molecule has 0 aliphatic carbocycles. The summed E-state index contributed by atoms with van der Waals surface area (Å²) in [4.78, 5) is 48.2. The number of aliphatic carboxylic acids is 1. The summed E-state index contributed by atoms with van der Waals surface area (Å²) in [5, 5.41) is 8.93. The van der Waals surface area contributed by atoms with Crippen LogP contribution < -0.4 is 15.4 Å². The molecule has 12 heteroatoms. The van der Waals surface area contributed by atoms with Crippen LogP contribution >= 0.6 is 24.0 Å². The minimum atomic E-state index is -0.943. The summed E-state index contributed by atoms with van der Waals surface area (Å²) in [6.07, 6.45) is 3.44. The van der Waals surface area contributed by atoms with Crippen molar-refractivity contribution in [1.82, 2.24) is 14.3 Å². The van der Waals surface area contributed by atoms with E-state index in [1.54, 1.807) is 36.5 Å². The largest absolute Gasteiger partial charge is 0.481 e. The minimum absolute atomic E-state index is 0.0750. The number of halogens is 1. The highest BCUT2D eigenvalue weighted by Gasteiger charge is 2.33. The number of aromatic nitrogens is 2. The Kier molecular flexibility index (Phi) is 7.67. The van der Waals surface area contributed by atoms with Crippen LogP contribution in [0.5, 0.6) is 0 Å². The predicted octanol–water partition coefficient (Wildman–Crippen LogP) is 3.53. The lowest BCUT2D eigenvalue weighted by atomic mass is 10.2. The van der Waals surface area contributed by atoms with E-state index in [4.69, 9.17) is 22.3 Å². The Morgan fingerprint density at radius 2 is 1.85 bits per heavy atom. The molecule has 0 unspecified atom stereocenters. The van der Waals surface area contributed by atoms with Gasteiger partial charge in [-0.05, 0) is 43.2 Å². The Morgan fingerprint density at radius 3 is 2.56 bits per heavy atom. The quantitative estimate of drug-likeness (QED) is 0.340. The normalized spacial score (nSPS) is 17.1. The fourth-order valence-electron chi connectivity index (χ4n) is 4.69. The standard InChI is InChI=1S/C27H26FN5O4S2/c1-17-8-9-22-29-24(31-13-11-30(12-14-31)20-6-3-2-5-19(20)28)18(25(36)33(22)16-17)15-21-26(37)32(27(38)39-21)10-4-7-23(34)35/h2-3,5-6,8-9,15-16H,4,7,10-14H2,1H3,(H,34,35). The summed E-state index contributed by atoms with van der Waals surface area (Å²) in [5.74, 6) is -1.14. The first kappa shape index (κ1) is 26.8. The number of hydrogen-bond donors (Lipinski definition) is 1. The maximum Gasteiger partial charge on any atom is 0.303 e. The molecule has 9 nitrogen and oxygen atoms in total. The van der Waals surface area contributed by atoms with Crippen molar-refractivity contribution in [2.24, 2.45) is 0 Å². The number of fused-ring (bicyclic) bond motifs is 1. The zero-order valence-corrected chi connectivity index (χ0v) is 22.8. The molecule has 1 amide bonds. The number of thioether (sulfide) groups is 1. The highest BCUT2D eigenvalue weighted by molar-refractivity contribution is 8.26. The van der Waals surface area contributed by atoms with Crippen LogP contribution in [0.2, 0.25) is 0 Å². The fourth-order valence-corrected chi connectivity index (χ4v) is 5.98. The lowest BCUT2D eigenvalue weighted by Crippen LogP contribution is -2.47. The molecule has 0 bridgehead atoms. The van der Waals surface area contributed by atoms with E-state index in [0.717, 1.165) is 17.3 Å². The molecule has 5 rings (SSSR count). The summed E-state index contributed by atoms with van der Waals surface area (Å²) in [6.45, 7) is 4.12. The first-order chi connectivity index (χ1) is 18.7. The number of nitrogens with zero attached hydrogens (tertiary/aromatic N) is 5. The molecule has 0 saturated carbocycles. The maximum atomic E-state index is 14.4. The number of thiocarbonyl (C=S) groups is 1.